The molecule has 0 fully saturated rings. The summed E-state index contributed by atoms with van der Waals surface area (Å²) in [5.74, 6) is 0.679. The number of aromatic nitrogens is 2. The van der Waals surface area contributed by atoms with Crippen molar-refractivity contribution in [2.24, 2.45) is 5.10 Å². The van der Waals surface area contributed by atoms with Crippen molar-refractivity contribution in [2.75, 3.05) is 7.11 Å². The first-order chi connectivity index (χ1) is 19.0. The van der Waals surface area contributed by atoms with Gasteiger partial charge in [0.2, 0.25) is 0 Å². The number of nitrogens with one attached hydrogen (secondary N) is 1. The minimum Gasteiger partial charge on any atom is -0.493 e. The van der Waals surface area contributed by atoms with Crippen LogP contribution < -0.4 is 20.5 Å². The van der Waals surface area contributed by atoms with Crippen molar-refractivity contribution in [1.29, 1.82) is 0 Å². The lowest BCUT2D eigenvalue weighted by molar-refractivity contribution is -0.121. The molecule has 0 saturated carbocycles. The fraction of sp³-hybridized carbons (Fsp3) is 0.103. The van der Waals surface area contributed by atoms with Gasteiger partial charge in [0, 0.05) is 15.4 Å². The van der Waals surface area contributed by atoms with Crippen LogP contribution >= 0.6 is 27.3 Å². The molecular formula is C29H23BrN4O4S. The Kier molecular flexibility index (Phi) is 8.14. The Morgan fingerprint density at radius 2 is 1.90 bits per heavy atom. The number of benzene rings is 3. The van der Waals surface area contributed by atoms with Gasteiger partial charge < -0.3 is 9.47 Å². The number of amides is 1. The number of hydrazone groups is 1. The second kappa shape index (κ2) is 12.1. The molecule has 1 N–H and O–H groups in total. The van der Waals surface area contributed by atoms with Crippen molar-refractivity contribution in [3.05, 3.63) is 110 Å². The third-order valence-electron chi connectivity index (χ3n) is 5.86. The number of fused-ring (bicyclic) bond motifs is 1. The maximum atomic E-state index is 13.2. The van der Waals surface area contributed by atoms with E-state index in [4.69, 9.17) is 9.47 Å². The Balaban J connectivity index is 1.23. The third-order valence-corrected chi connectivity index (χ3v) is 7.27. The summed E-state index contributed by atoms with van der Waals surface area (Å²) in [6.45, 7) is 0.181. The van der Waals surface area contributed by atoms with Crippen LogP contribution in [0.5, 0.6) is 11.5 Å². The van der Waals surface area contributed by atoms with Gasteiger partial charge in [0.25, 0.3) is 11.5 Å². The maximum Gasteiger partial charge on any atom is 0.263 e. The van der Waals surface area contributed by atoms with Crippen LogP contribution in [-0.2, 0) is 17.9 Å². The second-order valence-electron chi connectivity index (χ2n) is 8.49. The smallest absolute Gasteiger partial charge is 0.263 e. The molecule has 1 amide bonds. The van der Waals surface area contributed by atoms with Gasteiger partial charge in [0.15, 0.2) is 11.5 Å². The largest absolute Gasteiger partial charge is 0.493 e. The molecule has 10 heteroatoms. The summed E-state index contributed by atoms with van der Waals surface area (Å²) in [5.41, 5.74) is 5.65. The summed E-state index contributed by atoms with van der Waals surface area (Å²) < 4.78 is 13.6. The topological polar surface area (TPSA) is 94.8 Å². The van der Waals surface area contributed by atoms with Crippen LogP contribution in [0.15, 0.2) is 98.9 Å². The molecule has 196 valence electrons. The molecule has 2 heterocycles. The number of hydrogen-bond donors (Lipinski definition) is 1. The van der Waals surface area contributed by atoms with Gasteiger partial charge in [-0.05, 0) is 47.0 Å². The zero-order valence-electron chi connectivity index (χ0n) is 20.8. The van der Waals surface area contributed by atoms with Gasteiger partial charge in [-0.15, -0.1) is 11.3 Å². The van der Waals surface area contributed by atoms with Gasteiger partial charge in [-0.1, -0.05) is 58.4 Å². The fourth-order valence-corrected chi connectivity index (χ4v) is 5.08. The number of carbonyl (C=O) groups is 1. The molecule has 0 aliphatic heterocycles. The predicted octanol–water partition coefficient (Wildman–Crippen LogP) is 5.63. The van der Waals surface area contributed by atoms with Gasteiger partial charge in [0.1, 0.15) is 18.0 Å². The second-order valence-corrected chi connectivity index (χ2v) is 10.3. The van der Waals surface area contributed by atoms with Crippen molar-refractivity contribution in [3.63, 3.8) is 0 Å². The lowest BCUT2D eigenvalue weighted by Crippen LogP contribution is -2.30. The monoisotopic (exact) mass is 602 g/mol. The Morgan fingerprint density at radius 1 is 1.10 bits per heavy atom. The number of nitrogens with zero attached hydrogens (tertiary/aromatic N) is 3. The summed E-state index contributed by atoms with van der Waals surface area (Å²) in [6, 6.07) is 22.9. The number of hydrogen-bond acceptors (Lipinski definition) is 7. The van der Waals surface area contributed by atoms with Crippen LogP contribution in [0.1, 0.15) is 11.1 Å². The number of rotatable bonds is 9. The molecule has 0 spiro atoms. The van der Waals surface area contributed by atoms with Gasteiger partial charge in [-0.25, -0.2) is 10.4 Å². The molecule has 0 saturated heterocycles. The van der Waals surface area contributed by atoms with Gasteiger partial charge in [-0.2, -0.15) is 5.10 Å². The van der Waals surface area contributed by atoms with Crippen LogP contribution in [0.2, 0.25) is 0 Å². The molecule has 0 atom stereocenters. The van der Waals surface area contributed by atoms with Crippen LogP contribution in [-0.4, -0.2) is 28.8 Å². The van der Waals surface area contributed by atoms with E-state index >= 15 is 0 Å². The molecule has 2 aromatic heterocycles. The third kappa shape index (κ3) is 6.24. The molecule has 5 aromatic rings. The zero-order valence-corrected chi connectivity index (χ0v) is 23.2. The van der Waals surface area contributed by atoms with Gasteiger partial charge in [-0.3, -0.25) is 14.2 Å². The summed E-state index contributed by atoms with van der Waals surface area (Å²) in [5, 5.41) is 6.44. The van der Waals surface area contributed by atoms with Gasteiger partial charge >= 0.3 is 0 Å². The van der Waals surface area contributed by atoms with Crippen LogP contribution in [0.25, 0.3) is 21.3 Å². The lowest BCUT2D eigenvalue weighted by Gasteiger charge is -2.11. The van der Waals surface area contributed by atoms with E-state index < -0.39 is 5.91 Å². The van der Waals surface area contributed by atoms with Crippen LogP contribution in [0.4, 0.5) is 0 Å². The number of ether oxygens (including phenoxy) is 2. The number of carbonyl (C=O) groups excluding carboxylic acids is 1. The summed E-state index contributed by atoms with van der Waals surface area (Å²) >= 11 is 4.82. The van der Waals surface area contributed by atoms with Crippen LogP contribution in [0, 0.1) is 0 Å². The van der Waals surface area contributed by atoms with E-state index in [-0.39, 0.29) is 12.1 Å². The predicted molar refractivity (Wildman–Crippen MR) is 157 cm³/mol. The Morgan fingerprint density at radius 3 is 2.67 bits per heavy atom. The molecular weight excluding hydrogens is 580 g/mol. The minimum atomic E-state index is -0.451. The van der Waals surface area contributed by atoms with E-state index in [1.165, 1.54) is 28.4 Å². The minimum absolute atomic E-state index is 0.213. The number of thiophene rings is 1. The highest BCUT2D eigenvalue weighted by molar-refractivity contribution is 9.10. The quantitative estimate of drug-likeness (QED) is 0.174. The molecule has 0 radical (unpaired) electrons. The molecule has 0 aliphatic rings. The van der Waals surface area contributed by atoms with Crippen molar-refractivity contribution in [3.8, 4) is 22.6 Å². The van der Waals surface area contributed by atoms with E-state index in [0.29, 0.717) is 33.9 Å². The van der Waals surface area contributed by atoms with Crippen LogP contribution in [0.3, 0.4) is 0 Å². The molecule has 3 aromatic carbocycles. The summed E-state index contributed by atoms with van der Waals surface area (Å²) in [4.78, 5) is 30.7. The maximum absolute atomic E-state index is 13.2. The van der Waals surface area contributed by atoms with E-state index in [2.05, 4.69) is 31.4 Å². The molecule has 5 rings (SSSR count). The van der Waals surface area contributed by atoms with E-state index in [1.807, 2.05) is 60.0 Å². The molecule has 0 unspecified atom stereocenters. The van der Waals surface area contributed by atoms with E-state index in [0.717, 1.165) is 21.2 Å². The van der Waals surface area contributed by atoms with Crippen molar-refractivity contribution in [1.82, 2.24) is 15.0 Å². The highest BCUT2D eigenvalue weighted by Crippen LogP contribution is 2.30. The Hall–Kier alpha value is -4.28. The van der Waals surface area contributed by atoms with E-state index in [9.17, 15) is 9.59 Å². The first-order valence-corrected chi connectivity index (χ1v) is 13.6. The lowest BCUT2D eigenvalue weighted by atomic mass is 10.1. The molecule has 0 aliphatic carbocycles. The van der Waals surface area contributed by atoms with Crippen molar-refractivity contribution < 1.29 is 14.3 Å². The van der Waals surface area contributed by atoms with Crippen molar-refractivity contribution in [2.45, 2.75) is 13.2 Å². The Bertz CT molecular complexity index is 1700. The normalized spacial score (nSPS) is 11.1. The summed E-state index contributed by atoms with van der Waals surface area (Å²) in [7, 11) is 1.56. The average Bonchev–Trinajstić information content (AvgIpc) is 3.40. The average molecular weight is 603 g/mol. The zero-order chi connectivity index (χ0) is 27.2. The molecule has 39 heavy (non-hydrogen) atoms. The first-order valence-electron chi connectivity index (χ1n) is 11.9. The van der Waals surface area contributed by atoms with E-state index in [1.54, 1.807) is 25.3 Å². The highest BCUT2D eigenvalue weighted by Gasteiger charge is 2.14. The Labute approximate surface area is 236 Å². The number of halogens is 1. The fourth-order valence-electron chi connectivity index (χ4n) is 3.90. The van der Waals surface area contributed by atoms with Gasteiger partial charge in [0.05, 0.1) is 25.0 Å². The SMILES string of the molecule is COc1cc(/C=N\NC(=O)Cn2cnc3scc(-c4ccccc4)c3c2=O)ccc1OCc1ccc(Br)cc1. The van der Waals surface area contributed by atoms with Crippen molar-refractivity contribution >= 4 is 49.6 Å². The molecule has 8 nitrogen and oxygen atoms in total. The summed E-state index contributed by atoms with van der Waals surface area (Å²) in [6.07, 6.45) is 2.88. The first kappa shape index (κ1) is 26.3. The number of methoxy groups -OCH3 is 1. The standard InChI is InChI=1S/C29H23BrN4O4S/c1-37-25-13-20(9-12-24(25)38-16-19-7-10-22(30)11-8-19)14-32-33-26(35)15-34-18-31-28-27(29(34)36)23(17-39-28)21-5-3-2-4-6-21/h2-14,17-18H,15-16H2,1H3,(H,33,35)/b32-14-. The highest BCUT2D eigenvalue weighted by atomic mass is 79.9. The molecule has 0 bridgehead atoms.